The number of hydrogen-bond acceptors (Lipinski definition) is 6. The van der Waals surface area contributed by atoms with Gasteiger partial charge in [-0.25, -0.2) is 0 Å². The van der Waals surface area contributed by atoms with Crippen molar-refractivity contribution in [2.45, 2.75) is 37.6 Å². The maximum absolute atomic E-state index is 4.73. The van der Waals surface area contributed by atoms with Gasteiger partial charge in [0.1, 0.15) is 5.01 Å². The summed E-state index contributed by atoms with van der Waals surface area (Å²) < 4.78 is 1.99. The summed E-state index contributed by atoms with van der Waals surface area (Å²) in [4.78, 5) is 0.959. The van der Waals surface area contributed by atoms with Crippen LogP contribution in [0.2, 0.25) is 0 Å². The van der Waals surface area contributed by atoms with E-state index in [1.165, 1.54) is 35.8 Å². The predicted molar refractivity (Wildman–Crippen MR) is 78.1 cm³/mol. The van der Waals surface area contributed by atoms with Crippen molar-refractivity contribution >= 4 is 28.1 Å². The van der Waals surface area contributed by atoms with Gasteiger partial charge in [-0.3, -0.25) is 0 Å². The molecule has 0 spiro atoms. The quantitative estimate of drug-likeness (QED) is 0.934. The SMILES string of the molecule is C1CC(c2nnc3sc(CC4CSCCN4)nn23)C1. The van der Waals surface area contributed by atoms with E-state index >= 15 is 0 Å². The molecule has 3 heterocycles. The van der Waals surface area contributed by atoms with Gasteiger partial charge >= 0.3 is 0 Å². The first-order valence-corrected chi connectivity index (χ1v) is 8.89. The first-order chi connectivity index (χ1) is 9.40. The van der Waals surface area contributed by atoms with Gasteiger partial charge in [0.25, 0.3) is 0 Å². The summed E-state index contributed by atoms with van der Waals surface area (Å²) in [5.74, 6) is 4.09. The molecule has 4 rings (SSSR count). The zero-order valence-corrected chi connectivity index (χ0v) is 12.3. The Morgan fingerprint density at radius 3 is 3.00 bits per heavy atom. The lowest BCUT2D eigenvalue weighted by Crippen LogP contribution is -2.38. The summed E-state index contributed by atoms with van der Waals surface area (Å²) in [6.45, 7) is 1.12. The van der Waals surface area contributed by atoms with E-state index in [-0.39, 0.29) is 0 Å². The van der Waals surface area contributed by atoms with Crippen molar-refractivity contribution in [2.24, 2.45) is 0 Å². The van der Waals surface area contributed by atoms with Gasteiger partial charge in [0, 0.05) is 36.4 Å². The van der Waals surface area contributed by atoms with Crippen LogP contribution in [0, 0.1) is 0 Å². The molecule has 0 radical (unpaired) electrons. The normalized spacial score (nSPS) is 24.7. The van der Waals surface area contributed by atoms with Gasteiger partial charge in [0.2, 0.25) is 4.96 Å². The second-order valence-electron chi connectivity index (χ2n) is 5.31. The summed E-state index contributed by atoms with van der Waals surface area (Å²) in [5.41, 5.74) is 0. The predicted octanol–water partition coefficient (Wildman–Crippen LogP) is 1.70. The number of rotatable bonds is 3. The van der Waals surface area contributed by atoms with E-state index in [1.54, 1.807) is 11.3 Å². The molecule has 1 saturated carbocycles. The molecule has 1 aliphatic carbocycles. The van der Waals surface area contributed by atoms with E-state index in [4.69, 9.17) is 5.10 Å². The second-order valence-corrected chi connectivity index (χ2v) is 7.50. The Kier molecular flexibility index (Phi) is 3.21. The minimum atomic E-state index is 0.565. The highest BCUT2D eigenvalue weighted by atomic mass is 32.2. The van der Waals surface area contributed by atoms with Crippen molar-refractivity contribution in [1.82, 2.24) is 25.1 Å². The molecular formula is C12H17N5S2. The van der Waals surface area contributed by atoms with Crippen LogP contribution in [-0.4, -0.2) is 43.9 Å². The zero-order valence-electron chi connectivity index (χ0n) is 10.7. The summed E-state index contributed by atoms with van der Waals surface area (Å²) in [6, 6.07) is 0.565. The van der Waals surface area contributed by atoms with E-state index in [9.17, 15) is 0 Å². The van der Waals surface area contributed by atoms with E-state index < -0.39 is 0 Å². The van der Waals surface area contributed by atoms with Crippen molar-refractivity contribution in [3.05, 3.63) is 10.8 Å². The van der Waals surface area contributed by atoms with Crippen molar-refractivity contribution < 1.29 is 0 Å². The Morgan fingerprint density at radius 2 is 2.26 bits per heavy atom. The molecule has 5 nitrogen and oxygen atoms in total. The lowest BCUT2D eigenvalue weighted by Gasteiger charge is -2.22. The van der Waals surface area contributed by atoms with Gasteiger partial charge in [-0.15, -0.1) is 10.2 Å². The van der Waals surface area contributed by atoms with Gasteiger partial charge in [0.05, 0.1) is 0 Å². The average Bonchev–Trinajstić information content (AvgIpc) is 2.90. The molecule has 2 fully saturated rings. The van der Waals surface area contributed by atoms with Crippen LogP contribution < -0.4 is 5.32 Å². The maximum Gasteiger partial charge on any atom is 0.234 e. The fourth-order valence-electron chi connectivity index (χ4n) is 2.64. The van der Waals surface area contributed by atoms with Crippen LogP contribution in [0.5, 0.6) is 0 Å². The van der Waals surface area contributed by atoms with E-state index in [1.807, 2.05) is 16.3 Å². The van der Waals surface area contributed by atoms with Crippen molar-refractivity contribution in [3.8, 4) is 0 Å². The zero-order chi connectivity index (χ0) is 12.7. The number of nitrogens with zero attached hydrogens (tertiary/aromatic N) is 4. The maximum atomic E-state index is 4.73. The molecule has 1 atom stereocenters. The summed E-state index contributed by atoms with van der Waals surface area (Å²) in [6.07, 6.45) is 4.83. The molecule has 102 valence electrons. The van der Waals surface area contributed by atoms with Gasteiger partial charge in [-0.2, -0.15) is 21.4 Å². The lowest BCUT2D eigenvalue weighted by molar-refractivity contribution is 0.394. The molecule has 1 aliphatic heterocycles. The van der Waals surface area contributed by atoms with Crippen LogP contribution >= 0.6 is 23.1 Å². The Balaban J connectivity index is 1.55. The summed E-state index contributed by atoms with van der Waals surface area (Å²) >= 11 is 3.72. The minimum absolute atomic E-state index is 0.565. The van der Waals surface area contributed by atoms with Gasteiger partial charge in [-0.05, 0) is 12.8 Å². The highest BCUT2D eigenvalue weighted by Gasteiger charge is 2.26. The number of fused-ring (bicyclic) bond motifs is 1. The molecule has 2 aromatic rings. The topological polar surface area (TPSA) is 55.1 Å². The monoisotopic (exact) mass is 295 g/mol. The first kappa shape index (κ1) is 12.1. The largest absolute Gasteiger partial charge is 0.312 e. The molecule has 19 heavy (non-hydrogen) atoms. The Morgan fingerprint density at radius 1 is 1.32 bits per heavy atom. The number of aromatic nitrogens is 4. The second kappa shape index (κ2) is 5.03. The van der Waals surface area contributed by atoms with Crippen molar-refractivity contribution in [3.63, 3.8) is 0 Å². The molecule has 2 aromatic heterocycles. The number of hydrogen-bond donors (Lipinski definition) is 1. The first-order valence-electron chi connectivity index (χ1n) is 6.92. The summed E-state index contributed by atoms with van der Waals surface area (Å²) in [5, 5.41) is 18.1. The van der Waals surface area contributed by atoms with Gasteiger partial charge in [-0.1, -0.05) is 17.8 Å². The molecule has 0 amide bonds. The minimum Gasteiger partial charge on any atom is -0.312 e. The van der Waals surface area contributed by atoms with Crippen LogP contribution in [0.25, 0.3) is 4.96 Å². The molecule has 2 aliphatic rings. The van der Waals surface area contributed by atoms with Gasteiger partial charge < -0.3 is 5.32 Å². The van der Waals surface area contributed by atoms with Crippen molar-refractivity contribution in [2.75, 3.05) is 18.1 Å². The molecule has 0 aromatic carbocycles. The summed E-state index contributed by atoms with van der Waals surface area (Å²) in [7, 11) is 0. The van der Waals surface area contributed by atoms with E-state index in [2.05, 4.69) is 15.5 Å². The fourth-order valence-corrected chi connectivity index (χ4v) is 4.51. The van der Waals surface area contributed by atoms with E-state index in [0.29, 0.717) is 12.0 Å². The standard InChI is InChI=1S/C12H17N5S2/c1-2-8(3-1)11-14-15-12-17(11)16-10(19-12)6-9-7-18-5-4-13-9/h8-9,13H,1-7H2. The fraction of sp³-hybridized carbons (Fsp3) is 0.750. The third-order valence-electron chi connectivity index (χ3n) is 3.95. The van der Waals surface area contributed by atoms with Gasteiger partial charge in [0.15, 0.2) is 5.82 Å². The Bertz CT molecular complexity index is 568. The van der Waals surface area contributed by atoms with Crippen LogP contribution in [-0.2, 0) is 6.42 Å². The number of thioether (sulfide) groups is 1. The third-order valence-corrected chi connectivity index (χ3v) is 6.00. The molecule has 1 unspecified atom stereocenters. The van der Waals surface area contributed by atoms with Crippen LogP contribution in [0.3, 0.4) is 0 Å². The average molecular weight is 295 g/mol. The Hall–Kier alpha value is -0.660. The highest BCUT2D eigenvalue weighted by molar-refractivity contribution is 7.99. The van der Waals surface area contributed by atoms with Crippen LogP contribution in [0.1, 0.15) is 36.0 Å². The number of nitrogens with one attached hydrogen (secondary N) is 1. The van der Waals surface area contributed by atoms with Crippen LogP contribution in [0.4, 0.5) is 0 Å². The smallest absolute Gasteiger partial charge is 0.234 e. The molecular weight excluding hydrogens is 278 g/mol. The molecule has 1 saturated heterocycles. The Labute approximate surface area is 120 Å². The third kappa shape index (κ3) is 2.28. The molecule has 7 heteroatoms. The lowest BCUT2D eigenvalue weighted by atomic mass is 9.85. The van der Waals surface area contributed by atoms with E-state index in [0.717, 1.165) is 23.8 Å². The molecule has 1 N–H and O–H groups in total. The molecule has 0 bridgehead atoms. The van der Waals surface area contributed by atoms with Crippen molar-refractivity contribution in [1.29, 1.82) is 0 Å². The highest BCUT2D eigenvalue weighted by Crippen LogP contribution is 2.35. The van der Waals surface area contributed by atoms with Crippen LogP contribution in [0.15, 0.2) is 0 Å².